The van der Waals surface area contributed by atoms with Crippen molar-refractivity contribution in [3.63, 3.8) is 0 Å². The molecule has 0 aliphatic rings. The molecule has 1 unspecified atom stereocenters. The maximum Gasteiger partial charge on any atom is 0.315 e. The molecule has 0 fully saturated rings. The van der Waals surface area contributed by atoms with Crippen molar-refractivity contribution in [1.82, 2.24) is 0 Å². The molecule has 5 heteroatoms. The molecule has 0 spiro atoms. The summed E-state index contributed by atoms with van der Waals surface area (Å²) in [5.74, 6) is -1.52. The van der Waals surface area contributed by atoms with Crippen molar-refractivity contribution in [1.29, 1.82) is 0 Å². The van der Waals surface area contributed by atoms with E-state index in [9.17, 15) is 14.3 Å². The lowest BCUT2D eigenvalue weighted by atomic mass is 10.1. The summed E-state index contributed by atoms with van der Waals surface area (Å²) in [7, 11) is 0. The van der Waals surface area contributed by atoms with Crippen molar-refractivity contribution in [3.05, 3.63) is 52.0 Å². The molecule has 0 bridgehead atoms. The second-order valence-electron chi connectivity index (χ2n) is 4.10. The molecule has 0 amide bonds. The van der Waals surface area contributed by atoms with Gasteiger partial charge >= 0.3 is 5.97 Å². The summed E-state index contributed by atoms with van der Waals surface area (Å²) < 4.78 is 18.1. The summed E-state index contributed by atoms with van der Waals surface area (Å²) >= 11 is 1.44. The summed E-state index contributed by atoms with van der Waals surface area (Å²) in [6.07, 6.45) is 0. The second-order valence-corrected chi connectivity index (χ2v) is 5.42. The standard InChI is InChI=1S/C14H13FO3S/c1-9-2-7-13(19-9)12(14(16)17)8-18-11-5-3-10(15)4-6-11/h2-7,12H,8H2,1H3,(H,16,17). The number of carboxylic acid groups (broad SMARTS) is 1. The van der Waals surface area contributed by atoms with Crippen LogP contribution in [0.3, 0.4) is 0 Å². The summed E-state index contributed by atoms with van der Waals surface area (Å²) in [6.45, 7) is 1.95. The summed E-state index contributed by atoms with van der Waals surface area (Å²) in [4.78, 5) is 13.1. The predicted molar refractivity (Wildman–Crippen MR) is 71.3 cm³/mol. The van der Waals surface area contributed by atoms with Crippen LogP contribution in [0.15, 0.2) is 36.4 Å². The minimum absolute atomic E-state index is 0.0287. The molecule has 2 rings (SSSR count). The highest BCUT2D eigenvalue weighted by molar-refractivity contribution is 7.12. The van der Waals surface area contributed by atoms with Crippen LogP contribution in [0.5, 0.6) is 5.75 Å². The molecule has 1 aromatic carbocycles. The van der Waals surface area contributed by atoms with Gasteiger partial charge in [0, 0.05) is 9.75 Å². The Kier molecular flexibility index (Phi) is 4.16. The minimum Gasteiger partial charge on any atom is -0.492 e. The van der Waals surface area contributed by atoms with Gasteiger partial charge in [0.15, 0.2) is 0 Å². The summed E-state index contributed by atoms with van der Waals surface area (Å²) in [5.41, 5.74) is 0. The first-order valence-electron chi connectivity index (χ1n) is 5.74. The van der Waals surface area contributed by atoms with Crippen LogP contribution in [-0.4, -0.2) is 17.7 Å². The van der Waals surface area contributed by atoms with Gasteiger partial charge in [0.25, 0.3) is 0 Å². The van der Waals surface area contributed by atoms with Crippen molar-refractivity contribution in [3.8, 4) is 5.75 Å². The Bertz CT molecular complexity index is 562. The number of hydrogen-bond acceptors (Lipinski definition) is 3. The number of thiophene rings is 1. The molecule has 0 aliphatic carbocycles. The average molecular weight is 280 g/mol. The van der Waals surface area contributed by atoms with Crippen molar-refractivity contribution in [2.75, 3.05) is 6.61 Å². The van der Waals surface area contributed by atoms with E-state index in [0.29, 0.717) is 5.75 Å². The van der Waals surface area contributed by atoms with Crippen LogP contribution in [0.2, 0.25) is 0 Å². The Morgan fingerprint density at radius 2 is 2.00 bits per heavy atom. The molecule has 3 nitrogen and oxygen atoms in total. The molecule has 0 saturated heterocycles. The molecular formula is C14H13FO3S. The highest BCUT2D eigenvalue weighted by Gasteiger charge is 2.22. The maximum absolute atomic E-state index is 12.7. The maximum atomic E-state index is 12.7. The number of aryl methyl sites for hydroxylation is 1. The molecule has 1 aromatic heterocycles. The van der Waals surface area contributed by atoms with Gasteiger partial charge in [-0.1, -0.05) is 0 Å². The largest absolute Gasteiger partial charge is 0.492 e. The first-order valence-corrected chi connectivity index (χ1v) is 6.55. The normalized spacial score (nSPS) is 12.1. The van der Waals surface area contributed by atoms with E-state index in [4.69, 9.17) is 4.74 Å². The highest BCUT2D eigenvalue weighted by atomic mass is 32.1. The molecule has 19 heavy (non-hydrogen) atoms. The monoisotopic (exact) mass is 280 g/mol. The van der Waals surface area contributed by atoms with Gasteiger partial charge in [-0.2, -0.15) is 0 Å². The second kappa shape index (κ2) is 5.84. The van der Waals surface area contributed by atoms with Gasteiger partial charge < -0.3 is 9.84 Å². The smallest absolute Gasteiger partial charge is 0.315 e. The third kappa shape index (κ3) is 3.54. The number of ether oxygens (including phenoxy) is 1. The lowest BCUT2D eigenvalue weighted by molar-refractivity contribution is -0.139. The SMILES string of the molecule is Cc1ccc(C(COc2ccc(F)cc2)C(=O)O)s1. The van der Waals surface area contributed by atoms with Crippen molar-refractivity contribution in [2.45, 2.75) is 12.8 Å². The number of rotatable bonds is 5. The van der Waals surface area contributed by atoms with Crippen LogP contribution in [0, 0.1) is 12.7 Å². The summed E-state index contributed by atoms with van der Waals surface area (Å²) in [6, 6.07) is 9.20. The Morgan fingerprint density at radius 3 is 2.53 bits per heavy atom. The van der Waals surface area contributed by atoms with Gasteiger partial charge in [0.2, 0.25) is 0 Å². The molecule has 0 radical (unpaired) electrons. The minimum atomic E-state index is -0.927. The van der Waals surface area contributed by atoms with Crippen molar-refractivity contribution >= 4 is 17.3 Å². The van der Waals surface area contributed by atoms with Gasteiger partial charge in [-0.25, -0.2) is 4.39 Å². The van der Waals surface area contributed by atoms with E-state index in [1.54, 1.807) is 6.07 Å². The number of carboxylic acids is 1. The number of halogens is 1. The van der Waals surface area contributed by atoms with Gasteiger partial charge in [-0.05, 0) is 43.3 Å². The molecule has 100 valence electrons. The third-order valence-corrected chi connectivity index (χ3v) is 3.75. The van der Waals surface area contributed by atoms with E-state index < -0.39 is 11.9 Å². The number of hydrogen-bond donors (Lipinski definition) is 1. The van der Waals surface area contributed by atoms with Gasteiger partial charge in [0.05, 0.1) is 0 Å². The molecular weight excluding hydrogens is 267 g/mol. The topological polar surface area (TPSA) is 46.5 Å². The molecule has 2 aromatic rings. The van der Waals surface area contributed by atoms with Crippen LogP contribution in [0.25, 0.3) is 0 Å². The van der Waals surface area contributed by atoms with E-state index in [-0.39, 0.29) is 12.4 Å². The zero-order chi connectivity index (χ0) is 13.8. The lowest BCUT2D eigenvalue weighted by Crippen LogP contribution is -2.18. The molecule has 0 saturated carbocycles. The van der Waals surface area contributed by atoms with Crippen molar-refractivity contribution in [2.24, 2.45) is 0 Å². The van der Waals surface area contributed by atoms with Crippen LogP contribution < -0.4 is 4.74 Å². The van der Waals surface area contributed by atoms with E-state index in [0.717, 1.165) is 9.75 Å². The zero-order valence-corrected chi connectivity index (χ0v) is 11.1. The number of aliphatic carboxylic acids is 1. The third-order valence-electron chi connectivity index (χ3n) is 2.63. The average Bonchev–Trinajstić information content (AvgIpc) is 2.78. The van der Waals surface area contributed by atoms with Crippen LogP contribution in [-0.2, 0) is 4.79 Å². The Morgan fingerprint density at radius 1 is 1.32 bits per heavy atom. The van der Waals surface area contributed by atoms with E-state index in [1.807, 2.05) is 13.0 Å². The Hall–Kier alpha value is -1.88. The van der Waals surface area contributed by atoms with E-state index >= 15 is 0 Å². The van der Waals surface area contributed by atoms with Gasteiger partial charge in [-0.3, -0.25) is 4.79 Å². The number of carbonyl (C=O) groups is 1. The quantitative estimate of drug-likeness (QED) is 0.912. The number of benzene rings is 1. The molecule has 0 aliphatic heterocycles. The van der Waals surface area contributed by atoms with Crippen LogP contribution >= 0.6 is 11.3 Å². The van der Waals surface area contributed by atoms with Crippen LogP contribution in [0.4, 0.5) is 4.39 Å². The van der Waals surface area contributed by atoms with E-state index in [2.05, 4.69) is 0 Å². The van der Waals surface area contributed by atoms with E-state index in [1.165, 1.54) is 35.6 Å². The van der Waals surface area contributed by atoms with Gasteiger partial charge in [0.1, 0.15) is 24.1 Å². The summed E-state index contributed by atoms with van der Waals surface area (Å²) in [5, 5.41) is 9.22. The molecule has 1 N–H and O–H groups in total. The first-order chi connectivity index (χ1) is 9.06. The lowest BCUT2D eigenvalue weighted by Gasteiger charge is -2.12. The molecule has 1 atom stereocenters. The van der Waals surface area contributed by atoms with Crippen molar-refractivity contribution < 1.29 is 19.0 Å². The fraction of sp³-hybridized carbons (Fsp3) is 0.214. The highest BCUT2D eigenvalue weighted by Crippen LogP contribution is 2.26. The fourth-order valence-corrected chi connectivity index (χ4v) is 2.58. The Balaban J connectivity index is 2.06. The molecule has 1 heterocycles. The fourth-order valence-electron chi connectivity index (χ4n) is 1.63. The zero-order valence-electron chi connectivity index (χ0n) is 10.3. The predicted octanol–water partition coefficient (Wildman–Crippen LogP) is 3.44. The first kappa shape index (κ1) is 13.5. The van der Waals surface area contributed by atoms with Gasteiger partial charge in [-0.15, -0.1) is 11.3 Å². The van der Waals surface area contributed by atoms with Crippen LogP contribution in [0.1, 0.15) is 15.7 Å². The Labute approximate surface area is 114 Å².